The van der Waals surface area contributed by atoms with Crippen LogP contribution < -0.4 is 5.32 Å². The average molecular weight is 690 g/mol. The van der Waals surface area contributed by atoms with Gasteiger partial charge >= 0.3 is 0 Å². The van der Waals surface area contributed by atoms with Crippen molar-refractivity contribution in [2.75, 3.05) is 5.75 Å². The smallest absolute Gasteiger partial charge is 0.285 e. The van der Waals surface area contributed by atoms with Gasteiger partial charge in [-0.2, -0.15) is 4.99 Å². The number of aliphatic imine (C=N–C) groups is 1. The number of rotatable bonds is 9. The molecule has 0 bridgehead atoms. The summed E-state index contributed by atoms with van der Waals surface area (Å²) in [5.41, 5.74) is 2.75. The first-order valence-electron chi connectivity index (χ1n) is 13.0. The molecule has 0 saturated carbocycles. The van der Waals surface area contributed by atoms with Crippen molar-refractivity contribution in [2.24, 2.45) is 4.99 Å². The summed E-state index contributed by atoms with van der Waals surface area (Å²) in [5, 5.41) is 13.0. The van der Waals surface area contributed by atoms with Crippen molar-refractivity contribution < 1.29 is 19.5 Å². The van der Waals surface area contributed by atoms with Gasteiger partial charge in [0.2, 0.25) is 5.91 Å². The van der Waals surface area contributed by atoms with Crippen LogP contribution in [-0.4, -0.2) is 38.6 Å². The van der Waals surface area contributed by atoms with E-state index in [0.717, 1.165) is 22.9 Å². The van der Waals surface area contributed by atoms with Gasteiger partial charge in [0.25, 0.3) is 11.8 Å². The zero-order valence-electron chi connectivity index (χ0n) is 22.7. The number of thioether (sulfide) groups is 1. The number of hydrogen-bond donors (Lipinski definition) is 2. The molecular formula is C33H28IN3O4S. The number of benzene rings is 3. The normalized spacial score (nSPS) is 14.9. The fraction of sp³-hybridized carbons (Fsp3) is 0.0909. The van der Waals surface area contributed by atoms with Gasteiger partial charge in [-0.05, 0) is 70.5 Å². The van der Waals surface area contributed by atoms with Crippen molar-refractivity contribution in [3.63, 3.8) is 0 Å². The first kappa shape index (κ1) is 30.7. The van der Waals surface area contributed by atoms with E-state index in [9.17, 15) is 19.5 Å². The predicted molar refractivity (Wildman–Crippen MR) is 177 cm³/mol. The van der Waals surface area contributed by atoms with Crippen LogP contribution in [0.3, 0.4) is 0 Å². The number of halogens is 1. The number of carbonyl (C=O) groups is 3. The summed E-state index contributed by atoms with van der Waals surface area (Å²) in [4.78, 5) is 45.6. The monoisotopic (exact) mass is 689 g/mol. The molecular weight excluding hydrogens is 661 g/mol. The average Bonchev–Trinajstić information content (AvgIpc) is 3.00. The summed E-state index contributed by atoms with van der Waals surface area (Å²) in [5.74, 6) is -1.55. The van der Waals surface area contributed by atoms with Crippen LogP contribution in [0.25, 0.3) is 6.08 Å². The minimum Gasteiger partial charge on any atom is -0.507 e. The van der Waals surface area contributed by atoms with Crippen molar-refractivity contribution in [2.45, 2.75) is 13.0 Å². The first-order chi connectivity index (χ1) is 20.3. The molecule has 7 nitrogen and oxygen atoms in total. The highest BCUT2D eigenvalue weighted by molar-refractivity contribution is 14.1. The van der Waals surface area contributed by atoms with Crippen LogP contribution in [0.5, 0.6) is 5.75 Å². The fourth-order valence-corrected chi connectivity index (χ4v) is 5.52. The first-order valence-corrected chi connectivity index (χ1v) is 15.0. The lowest BCUT2D eigenvalue weighted by Gasteiger charge is -2.28. The lowest BCUT2D eigenvalue weighted by molar-refractivity contribution is -0.126. The van der Waals surface area contributed by atoms with Crippen LogP contribution in [-0.2, 0) is 14.4 Å². The Morgan fingerprint density at radius 1 is 1.07 bits per heavy atom. The minimum atomic E-state index is -0.711. The molecule has 3 aromatic carbocycles. The number of allylic oxidation sites excluding steroid dienone is 4. The summed E-state index contributed by atoms with van der Waals surface area (Å²) < 4.78 is 0.577. The third-order valence-corrected chi connectivity index (χ3v) is 8.00. The van der Waals surface area contributed by atoms with E-state index in [1.54, 1.807) is 43.4 Å². The van der Waals surface area contributed by atoms with E-state index in [2.05, 4.69) is 16.9 Å². The van der Waals surface area contributed by atoms with E-state index in [0.29, 0.717) is 14.8 Å². The van der Waals surface area contributed by atoms with Crippen molar-refractivity contribution >= 4 is 63.3 Å². The lowest BCUT2D eigenvalue weighted by Crippen LogP contribution is -2.42. The summed E-state index contributed by atoms with van der Waals surface area (Å²) in [7, 11) is 0. The third kappa shape index (κ3) is 7.54. The van der Waals surface area contributed by atoms with Gasteiger partial charge in [-0.1, -0.05) is 103 Å². The van der Waals surface area contributed by atoms with Crippen LogP contribution in [0.2, 0.25) is 0 Å². The number of phenolic OH excluding ortho intramolecular Hbond substituents is 1. The molecule has 0 atom stereocenters. The molecule has 0 spiro atoms. The molecule has 1 heterocycles. The Balaban J connectivity index is 1.62. The van der Waals surface area contributed by atoms with Crippen molar-refractivity contribution in [1.29, 1.82) is 0 Å². The number of nitrogens with one attached hydrogen (secondary N) is 1. The van der Waals surface area contributed by atoms with E-state index in [4.69, 9.17) is 0 Å². The maximum Gasteiger partial charge on any atom is 0.285 e. The second-order valence-corrected chi connectivity index (χ2v) is 11.1. The van der Waals surface area contributed by atoms with Gasteiger partial charge in [0.05, 0.1) is 15.4 Å². The second-order valence-electron chi connectivity index (χ2n) is 9.03. The van der Waals surface area contributed by atoms with E-state index in [1.165, 1.54) is 17.0 Å². The molecule has 0 saturated heterocycles. The number of amides is 3. The molecule has 3 aromatic rings. The van der Waals surface area contributed by atoms with Crippen LogP contribution >= 0.6 is 34.4 Å². The predicted octanol–water partition coefficient (Wildman–Crippen LogP) is 6.39. The Hall–Kier alpha value is -4.22. The van der Waals surface area contributed by atoms with E-state index < -0.39 is 11.8 Å². The summed E-state index contributed by atoms with van der Waals surface area (Å²) in [6, 6.07) is 23.7. The summed E-state index contributed by atoms with van der Waals surface area (Å²) >= 11 is 2.97. The molecule has 212 valence electrons. The Morgan fingerprint density at radius 3 is 2.29 bits per heavy atom. The Morgan fingerprint density at radius 2 is 1.71 bits per heavy atom. The number of nitrogens with zero attached hydrogens (tertiary/aromatic N) is 2. The maximum absolute atomic E-state index is 13.7. The number of carbonyl (C=O) groups excluding carboxylic acids is 3. The van der Waals surface area contributed by atoms with Crippen LogP contribution in [0, 0.1) is 3.57 Å². The van der Waals surface area contributed by atoms with Crippen LogP contribution in [0.4, 0.5) is 0 Å². The molecule has 0 radical (unpaired) electrons. The van der Waals surface area contributed by atoms with Crippen LogP contribution in [0.15, 0.2) is 126 Å². The van der Waals surface area contributed by atoms with Gasteiger partial charge in [0.1, 0.15) is 11.3 Å². The van der Waals surface area contributed by atoms with Gasteiger partial charge in [-0.15, -0.1) is 0 Å². The molecule has 1 aliphatic heterocycles. The largest absolute Gasteiger partial charge is 0.507 e. The molecule has 0 unspecified atom stereocenters. The minimum absolute atomic E-state index is 0.0799. The van der Waals surface area contributed by atoms with Crippen molar-refractivity contribution in [3.05, 3.63) is 141 Å². The molecule has 2 N–H and O–H groups in total. The number of hydrogen-bond acceptors (Lipinski definition) is 5. The van der Waals surface area contributed by atoms with E-state index >= 15 is 0 Å². The molecule has 1 aliphatic rings. The highest BCUT2D eigenvalue weighted by Crippen LogP contribution is 2.28. The highest BCUT2D eigenvalue weighted by atomic mass is 127. The SMILES string of the molecule is C=C/C=C\C(=C/C)N1C(=O)/C(=C/c2ccc(O)c(I)c2)C(=O)N=C1SCC(=O)NC(c1ccccc1)c1ccccc1. The van der Waals surface area contributed by atoms with E-state index in [1.807, 2.05) is 83.3 Å². The number of amidine groups is 1. The molecule has 3 amide bonds. The second kappa shape index (κ2) is 14.6. The highest BCUT2D eigenvalue weighted by Gasteiger charge is 2.35. The molecule has 4 rings (SSSR count). The maximum atomic E-state index is 13.7. The summed E-state index contributed by atoms with van der Waals surface area (Å²) in [6.45, 7) is 5.45. The number of phenols is 1. The van der Waals surface area contributed by atoms with Gasteiger partial charge < -0.3 is 10.4 Å². The molecule has 9 heteroatoms. The van der Waals surface area contributed by atoms with Gasteiger partial charge in [-0.3, -0.25) is 19.3 Å². The fourth-order valence-electron chi connectivity index (χ4n) is 4.17. The standard InChI is InChI=1S/C33H28IN3O4S/c1-3-5-16-25(4-2)37-32(41)26(19-22-17-18-28(38)27(34)20-22)31(40)36-33(37)42-21-29(39)35-30(23-12-8-6-9-13-23)24-14-10-7-11-15-24/h3-20,30,38H,1,21H2,2H3,(H,35,39)/b16-5-,25-4+,26-19+. The van der Waals surface area contributed by atoms with Crippen molar-refractivity contribution in [3.8, 4) is 5.75 Å². The Labute approximate surface area is 262 Å². The van der Waals surface area contributed by atoms with Gasteiger partial charge in [0, 0.05) is 5.70 Å². The zero-order chi connectivity index (χ0) is 30.1. The Kier molecular flexibility index (Phi) is 10.7. The zero-order valence-corrected chi connectivity index (χ0v) is 25.7. The molecule has 0 fully saturated rings. The van der Waals surface area contributed by atoms with Crippen LogP contribution in [0.1, 0.15) is 29.7 Å². The molecule has 0 aliphatic carbocycles. The van der Waals surface area contributed by atoms with Gasteiger partial charge in [-0.25, -0.2) is 0 Å². The quantitative estimate of drug-likeness (QED) is 0.118. The van der Waals surface area contributed by atoms with Crippen molar-refractivity contribution in [1.82, 2.24) is 10.2 Å². The lowest BCUT2D eigenvalue weighted by atomic mass is 9.99. The molecule has 42 heavy (non-hydrogen) atoms. The van der Waals surface area contributed by atoms with Gasteiger partial charge in [0.15, 0.2) is 5.17 Å². The number of aromatic hydroxyl groups is 1. The topological polar surface area (TPSA) is 99.1 Å². The summed E-state index contributed by atoms with van der Waals surface area (Å²) in [6.07, 6.45) is 8.09. The third-order valence-electron chi connectivity index (χ3n) is 6.20. The Bertz CT molecular complexity index is 1580. The molecule has 0 aromatic heterocycles. The van der Waals surface area contributed by atoms with E-state index in [-0.39, 0.29) is 34.2 Å².